The molecule has 2 N–H and O–H groups in total. The van der Waals surface area contributed by atoms with Crippen molar-refractivity contribution < 1.29 is 14.3 Å². The summed E-state index contributed by atoms with van der Waals surface area (Å²) in [4.78, 5) is 10.1. The number of aliphatic carboxylic acids is 1. The number of anilines is 1. The van der Waals surface area contributed by atoms with Crippen LogP contribution in [0, 0.1) is 5.82 Å². The van der Waals surface area contributed by atoms with Crippen LogP contribution in [0.1, 0.15) is 0 Å². The zero-order valence-electron chi connectivity index (χ0n) is 7.00. The molecule has 0 aliphatic heterocycles. The molecule has 1 rings (SSSR count). The summed E-state index contributed by atoms with van der Waals surface area (Å²) in [7, 11) is 0. The summed E-state index contributed by atoms with van der Waals surface area (Å²) < 4.78 is 13.1. The van der Waals surface area contributed by atoms with Crippen LogP contribution in [-0.4, -0.2) is 11.1 Å². The van der Waals surface area contributed by atoms with Gasteiger partial charge in [-0.3, -0.25) is 0 Å². The number of carboxylic acids is 1. The number of hydrogen-bond donors (Lipinski definition) is 2. The van der Waals surface area contributed by atoms with Crippen molar-refractivity contribution in [2.24, 2.45) is 0 Å². The fourth-order valence-corrected chi connectivity index (χ4v) is 1.17. The Labute approximate surface area is 88.4 Å². The van der Waals surface area contributed by atoms with Gasteiger partial charge in [-0.15, -0.1) is 0 Å². The van der Waals surface area contributed by atoms with Crippen LogP contribution in [0.5, 0.6) is 0 Å². The predicted octanol–water partition coefficient (Wildman–Crippen LogP) is 2.60. The molecule has 14 heavy (non-hydrogen) atoms. The minimum absolute atomic E-state index is 0.325. The fraction of sp³-hybridized carbons (Fsp3) is 0. The minimum Gasteiger partial charge on any atom is -0.478 e. The number of carbonyl (C=O) groups is 1. The largest absolute Gasteiger partial charge is 0.478 e. The minimum atomic E-state index is -1.04. The number of rotatable bonds is 3. The molecule has 0 saturated carbocycles. The van der Waals surface area contributed by atoms with Crippen molar-refractivity contribution in [3.8, 4) is 0 Å². The first kappa shape index (κ1) is 10.7. The summed E-state index contributed by atoms with van der Waals surface area (Å²) in [5, 5.41) is 11.0. The Balaban J connectivity index is 2.69. The highest BCUT2D eigenvalue weighted by atomic mass is 79.9. The van der Waals surface area contributed by atoms with E-state index in [1.165, 1.54) is 24.4 Å². The van der Waals surface area contributed by atoms with Crippen molar-refractivity contribution in [2.45, 2.75) is 0 Å². The Kier molecular flexibility index (Phi) is 3.64. The standard InChI is InChI=1S/C9H7BrFNO2/c10-7-5-6(1-2-8(7)11)12-4-3-9(13)14/h1-5,12H,(H,13,14)/b4-3+. The van der Waals surface area contributed by atoms with E-state index in [0.29, 0.717) is 10.2 Å². The van der Waals surface area contributed by atoms with Crippen molar-refractivity contribution in [1.29, 1.82) is 0 Å². The first-order valence-electron chi connectivity index (χ1n) is 3.70. The maximum atomic E-state index is 12.8. The molecule has 0 saturated heterocycles. The lowest BCUT2D eigenvalue weighted by Crippen LogP contribution is -1.92. The summed E-state index contributed by atoms with van der Waals surface area (Å²) in [5.74, 6) is -1.41. The highest BCUT2D eigenvalue weighted by Crippen LogP contribution is 2.19. The second-order valence-corrected chi connectivity index (χ2v) is 3.30. The van der Waals surface area contributed by atoms with E-state index in [1.54, 1.807) is 0 Å². The molecule has 0 radical (unpaired) electrons. The van der Waals surface area contributed by atoms with Crippen molar-refractivity contribution in [3.63, 3.8) is 0 Å². The van der Waals surface area contributed by atoms with Crippen LogP contribution < -0.4 is 5.32 Å². The van der Waals surface area contributed by atoms with Gasteiger partial charge in [-0.25, -0.2) is 9.18 Å². The molecule has 74 valence electrons. The van der Waals surface area contributed by atoms with Crippen LogP contribution in [0.3, 0.4) is 0 Å². The molecule has 0 spiro atoms. The number of benzene rings is 1. The lowest BCUT2D eigenvalue weighted by molar-refractivity contribution is -0.131. The molecule has 0 heterocycles. The van der Waals surface area contributed by atoms with Gasteiger partial charge in [0.1, 0.15) is 5.82 Å². The topological polar surface area (TPSA) is 49.3 Å². The summed E-state index contributed by atoms with van der Waals surface area (Å²) in [6.07, 6.45) is 2.22. The van der Waals surface area contributed by atoms with E-state index in [0.717, 1.165) is 6.08 Å². The van der Waals surface area contributed by atoms with Gasteiger partial charge in [0.05, 0.1) is 4.47 Å². The predicted molar refractivity (Wildman–Crippen MR) is 54.5 cm³/mol. The van der Waals surface area contributed by atoms with E-state index in [-0.39, 0.29) is 5.82 Å². The Hall–Kier alpha value is -1.36. The number of nitrogens with one attached hydrogen (secondary N) is 1. The molecule has 0 unspecified atom stereocenters. The fourth-order valence-electron chi connectivity index (χ4n) is 0.795. The number of hydrogen-bond acceptors (Lipinski definition) is 2. The summed E-state index contributed by atoms with van der Waals surface area (Å²) in [5.41, 5.74) is 0.607. The zero-order valence-corrected chi connectivity index (χ0v) is 8.58. The molecular weight excluding hydrogens is 253 g/mol. The third-order valence-corrected chi connectivity index (χ3v) is 2.00. The van der Waals surface area contributed by atoms with Gasteiger partial charge in [0.15, 0.2) is 0 Å². The average molecular weight is 260 g/mol. The van der Waals surface area contributed by atoms with E-state index in [1.807, 2.05) is 0 Å². The molecule has 0 aliphatic carbocycles. The SMILES string of the molecule is O=C(O)/C=C/Nc1ccc(F)c(Br)c1. The molecule has 0 aliphatic rings. The molecule has 1 aromatic carbocycles. The summed E-state index contributed by atoms with van der Waals surface area (Å²) in [6.45, 7) is 0. The second-order valence-electron chi connectivity index (χ2n) is 2.44. The highest BCUT2D eigenvalue weighted by Gasteiger charge is 1.98. The molecule has 3 nitrogen and oxygen atoms in total. The quantitative estimate of drug-likeness (QED) is 0.821. The first-order valence-corrected chi connectivity index (χ1v) is 4.50. The molecular formula is C9H7BrFNO2. The van der Waals surface area contributed by atoms with Crippen LogP contribution >= 0.6 is 15.9 Å². The zero-order chi connectivity index (χ0) is 10.6. The van der Waals surface area contributed by atoms with Gasteiger partial charge in [0, 0.05) is 18.0 Å². The van der Waals surface area contributed by atoms with E-state index in [2.05, 4.69) is 21.2 Å². The first-order chi connectivity index (χ1) is 6.59. The van der Waals surface area contributed by atoms with Crippen LogP contribution in [0.2, 0.25) is 0 Å². The van der Waals surface area contributed by atoms with Gasteiger partial charge in [-0.2, -0.15) is 0 Å². The van der Waals surface area contributed by atoms with E-state index in [9.17, 15) is 9.18 Å². The third-order valence-electron chi connectivity index (χ3n) is 1.40. The van der Waals surface area contributed by atoms with E-state index in [4.69, 9.17) is 5.11 Å². The Morgan fingerprint density at radius 1 is 1.57 bits per heavy atom. The van der Waals surface area contributed by atoms with Crippen LogP contribution in [0.15, 0.2) is 34.9 Å². The van der Waals surface area contributed by atoms with Crippen LogP contribution in [0.25, 0.3) is 0 Å². The summed E-state index contributed by atoms with van der Waals surface area (Å²) >= 11 is 3.01. The summed E-state index contributed by atoms with van der Waals surface area (Å²) in [6, 6.07) is 4.30. The molecule has 0 aromatic heterocycles. The van der Waals surface area contributed by atoms with Crippen molar-refractivity contribution in [2.75, 3.05) is 5.32 Å². The van der Waals surface area contributed by atoms with Gasteiger partial charge < -0.3 is 10.4 Å². The van der Waals surface area contributed by atoms with Gasteiger partial charge in [0.25, 0.3) is 0 Å². The smallest absolute Gasteiger partial charge is 0.329 e. The Bertz CT molecular complexity index is 379. The molecule has 0 fully saturated rings. The van der Waals surface area contributed by atoms with Gasteiger partial charge in [-0.1, -0.05) is 0 Å². The molecule has 1 aromatic rings. The molecule has 0 atom stereocenters. The van der Waals surface area contributed by atoms with Crippen LogP contribution in [0.4, 0.5) is 10.1 Å². The monoisotopic (exact) mass is 259 g/mol. The normalized spacial score (nSPS) is 10.4. The van der Waals surface area contributed by atoms with Crippen LogP contribution in [-0.2, 0) is 4.79 Å². The number of halogens is 2. The molecule has 0 amide bonds. The van der Waals surface area contributed by atoms with Gasteiger partial charge in [0.2, 0.25) is 0 Å². The van der Waals surface area contributed by atoms with Gasteiger partial charge >= 0.3 is 5.97 Å². The average Bonchev–Trinajstić information content (AvgIpc) is 2.10. The molecule has 5 heteroatoms. The Morgan fingerprint density at radius 3 is 2.86 bits per heavy atom. The van der Waals surface area contributed by atoms with E-state index >= 15 is 0 Å². The second kappa shape index (κ2) is 4.76. The third kappa shape index (κ3) is 3.18. The highest BCUT2D eigenvalue weighted by molar-refractivity contribution is 9.10. The lowest BCUT2D eigenvalue weighted by Gasteiger charge is -2.01. The van der Waals surface area contributed by atoms with E-state index < -0.39 is 5.97 Å². The van der Waals surface area contributed by atoms with Gasteiger partial charge in [-0.05, 0) is 34.1 Å². The molecule has 0 bridgehead atoms. The number of carboxylic acid groups (broad SMARTS) is 1. The van der Waals surface area contributed by atoms with Crippen molar-refractivity contribution in [3.05, 3.63) is 40.8 Å². The lowest BCUT2D eigenvalue weighted by atomic mass is 10.3. The van der Waals surface area contributed by atoms with Crippen molar-refractivity contribution >= 4 is 27.6 Å². The maximum absolute atomic E-state index is 12.8. The Morgan fingerprint density at radius 2 is 2.29 bits per heavy atom. The van der Waals surface area contributed by atoms with Crippen molar-refractivity contribution in [1.82, 2.24) is 0 Å². The maximum Gasteiger partial charge on any atom is 0.329 e.